The maximum Gasteiger partial charge on any atom is 0.187 e. The molecule has 31 heterocycles. The summed E-state index contributed by atoms with van der Waals surface area (Å²) >= 11 is 0. The van der Waals surface area contributed by atoms with Crippen LogP contribution in [0.2, 0.25) is 0 Å². The Kier molecular flexibility index (Phi) is 22.4. The first kappa shape index (κ1) is 68.3. The molecule has 31 aliphatic rings. The van der Waals surface area contributed by atoms with Crippen molar-refractivity contribution in [3.63, 3.8) is 0 Å². The van der Waals surface area contributed by atoms with Gasteiger partial charge in [0, 0.05) is 0 Å². The van der Waals surface area contributed by atoms with Crippen LogP contribution in [0.25, 0.3) is 0 Å². The van der Waals surface area contributed by atoms with E-state index in [0.717, 1.165) is 0 Å². The molecule has 0 spiro atoms. The lowest BCUT2D eigenvalue weighted by Gasteiger charge is -2.50. The lowest BCUT2D eigenvalue weighted by molar-refractivity contribution is -0.401. The number of ether oxygens (including phenoxy) is 17. The summed E-state index contributed by atoms with van der Waals surface area (Å²) in [7, 11) is 0. The molecule has 0 radical (unpaired) electrons. The molecular formula is C48H78O39. The fraction of sp³-hybridized carbons (Fsp3) is 1.00. The fourth-order valence-corrected chi connectivity index (χ4v) is 12.3. The van der Waals surface area contributed by atoms with E-state index < -0.39 is 292 Å². The molecule has 39 heteroatoms. The molecule has 40 atom stereocenters. The van der Waals surface area contributed by atoms with Crippen molar-refractivity contribution in [2.75, 3.05) is 52.9 Å². The van der Waals surface area contributed by atoms with Crippen molar-refractivity contribution in [1.29, 1.82) is 0 Å². The van der Waals surface area contributed by atoms with E-state index in [4.69, 9.17) is 80.5 Å². The standard InChI is InChI=1S/C48H78O39/c49-1-9-32-17(56)24(63)41(72-9)81-33-10(2-50)74-43(26(65)19(33)58)83-35-12(4-52)76-45(28(67)21(35)60)85-37-14(6-54)78-47(30(69)23(37)62)87-39-16-8-71-40(39)31(70)48(79-16)86-38-15(7-55)77-46(29(68)22(38)61)84-36-13(5-53)75-44(27(66)20(36)59)82-34-11(3-51)73-42(80-32)25(64)18(34)57/h9-70H,1-8H2/t9-,10-,11-,12-,13-,14-,15-,16-,17-,18-,19-,20-,21-,22-,23-,24-,25-,26-,27-,28-,29-,30-,31-,32-,33-,34-,35-,36-,37-,38-,39-,40-,41-,42-,43-,44-,45-,46-,47-,48-/m1/s1. The molecule has 0 unspecified atom stereocenters. The van der Waals surface area contributed by atoms with E-state index in [0.29, 0.717) is 0 Å². The topological polar surface area (TPSA) is 602 Å². The molecule has 504 valence electrons. The van der Waals surface area contributed by atoms with Crippen LogP contribution in [0.5, 0.6) is 0 Å². The predicted octanol–water partition coefficient (Wildman–Crippen LogP) is -16.4. The average molecular weight is 1280 g/mol. The van der Waals surface area contributed by atoms with Gasteiger partial charge in [0.1, 0.15) is 195 Å². The van der Waals surface area contributed by atoms with Crippen molar-refractivity contribution in [1.82, 2.24) is 0 Å². The van der Waals surface area contributed by atoms with E-state index in [1.807, 2.05) is 0 Å². The molecule has 18 bridgehead atoms. The first-order valence-corrected chi connectivity index (χ1v) is 28.1. The molecule has 0 aliphatic carbocycles. The summed E-state index contributed by atoms with van der Waals surface area (Å²) < 4.78 is 97.9. The van der Waals surface area contributed by atoms with Gasteiger partial charge in [-0.25, -0.2) is 0 Å². The number of rotatable bonds is 7. The zero-order chi connectivity index (χ0) is 62.8. The van der Waals surface area contributed by atoms with E-state index in [9.17, 15) is 112 Å². The Balaban J connectivity index is 0.899. The molecule has 22 N–H and O–H groups in total. The van der Waals surface area contributed by atoms with E-state index in [-0.39, 0.29) is 6.61 Å². The van der Waals surface area contributed by atoms with Crippen LogP contribution in [-0.2, 0) is 80.5 Å². The number of aliphatic hydroxyl groups excluding tert-OH is 22. The van der Waals surface area contributed by atoms with E-state index in [2.05, 4.69) is 0 Å². The fourth-order valence-electron chi connectivity index (χ4n) is 12.3. The maximum atomic E-state index is 11.5. The molecule has 0 aromatic carbocycles. The largest absolute Gasteiger partial charge is 0.394 e. The van der Waals surface area contributed by atoms with Crippen molar-refractivity contribution < 1.29 is 193 Å². The Morgan fingerprint density at radius 3 is 0.540 bits per heavy atom. The Labute approximate surface area is 490 Å². The van der Waals surface area contributed by atoms with Gasteiger partial charge in [0.25, 0.3) is 0 Å². The van der Waals surface area contributed by atoms with Crippen LogP contribution >= 0.6 is 0 Å². The van der Waals surface area contributed by atoms with Crippen molar-refractivity contribution in [3.8, 4) is 0 Å². The van der Waals surface area contributed by atoms with Crippen LogP contribution in [0.15, 0.2) is 0 Å². The van der Waals surface area contributed by atoms with Gasteiger partial charge in [0.05, 0.1) is 52.9 Å². The summed E-state index contributed by atoms with van der Waals surface area (Å²) in [6.45, 7) is -7.56. The molecule has 87 heavy (non-hydrogen) atoms. The van der Waals surface area contributed by atoms with Crippen LogP contribution in [-0.4, -0.2) is 411 Å². The SMILES string of the molecule is OC[C@H]1O[C@@H]2O[C@H]3[C@H](O)[C@@H](O)[C@@H](O[C@H]4[C@H](O)[C@@H](O)[C@@H](O[C@H]5[C@H](O)[C@@H](O)[C@@H](O[C@H]6[C@@H]7OC[C@H]6O[C@H](O[C@H]6[C@H](O)[C@@H](O)[C@@H](O[C@H]8[C@H](O)[C@@H](O)[C@@H](O[C@H]9[C@H](O)[C@@H](O)[C@@H](O[C@H]1[C@H](O)[C@H]2O)O[C@@H]9CO)O[C@@H]8CO)O[C@@H]6CO)[C@@H]7O)O[C@@H]5CO)O[C@@H]4CO)O[C@@H]3CO. The lowest BCUT2D eigenvalue weighted by atomic mass is 9.95. The van der Waals surface area contributed by atoms with Crippen molar-refractivity contribution in [2.45, 2.75) is 246 Å². The van der Waals surface area contributed by atoms with Gasteiger partial charge in [0.2, 0.25) is 0 Å². The van der Waals surface area contributed by atoms with Gasteiger partial charge in [0.15, 0.2) is 50.3 Å². The first-order valence-electron chi connectivity index (χ1n) is 28.1. The van der Waals surface area contributed by atoms with Crippen LogP contribution in [0.4, 0.5) is 0 Å². The van der Waals surface area contributed by atoms with Gasteiger partial charge >= 0.3 is 0 Å². The van der Waals surface area contributed by atoms with Crippen molar-refractivity contribution in [3.05, 3.63) is 0 Å². The summed E-state index contributed by atoms with van der Waals surface area (Å²) in [5.41, 5.74) is 0. The van der Waals surface area contributed by atoms with E-state index in [1.54, 1.807) is 0 Å². The second-order valence-corrected chi connectivity index (χ2v) is 22.6. The minimum Gasteiger partial charge on any atom is -0.394 e. The summed E-state index contributed by atoms with van der Waals surface area (Å²) in [6, 6.07) is 0. The highest BCUT2D eigenvalue weighted by Gasteiger charge is 2.61. The predicted molar refractivity (Wildman–Crippen MR) is 258 cm³/mol. The highest BCUT2D eigenvalue weighted by molar-refractivity contribution is 5.03. The monoisotopic (exact) mass is 1280 g/mol. The zero-order valence-corrected chi connectivity index (χ0v) is 45.5. The Morgan fingerprint density at radius 2 is 0.356 bits per heavy atom. The van der Waals surface area contributed by atoms with Gasteiger partial charge in [-0.2, -0.15) is 0 Å². The minimum absolute atomic E-state index is 0.318. The second kappa shape index (κ2) is 28.6. The third-order valence-electron chi connectivity index (χ3n) is 17.1. The van der Waals surface area contributed by atoms with Gasteiger partial charge in [-0.15, -0.1) is 0 Å². The Bertz CT molecular complexity index is 2150. The molecule has 31 aliphatic heterocycles. The third-order valence-corrected chi connectivity index (χ3v) is 17.1. The van der Waals surface area contributed by atoms with Crippen LogP contribution in [0.1, 0.15) is 0 Å². The van der Waals surface area contributed by atoms with Gasteiger partial charge in [-0.05, 0) is 0 Å². The van der Waals surface area contributed by atoms with Gasteiger partial charge in [-0.3, -0.25) is 0 Å². The molecular weight excluding hydrogens is 1200 g/mol. The molecule has 39 nitrogen and oxygen atoms in total. The maximum absolute atomic E-state index is 11.5. The summed E-state index contributed by atoms with van der Waals surface area (Å²) in [5, 5.41) is 244. The molecule has 0 saturated carbocycles. The number of hydrogen-bond donors (Lipinski definition) is 22. The molecule has 0 aromatic rings. The molecule has 0 aromatic heterocycles. The summed E-state index contributed by atoms with van der Waals surface area (Å²) in [6.07, 6.45) is -77.2. The number of hydrogen-bond acceptors (Lipinski definition) is 39. The van der Waals surface area contributed by atoms with Crippen molar-refractivity contribution in [2.24, 2.45) is 0 Å². The molecule has 31 rings (SSSR count). The summed E-state index contributed by atoms with van der Waals surface area (Å²) in [5.74, 6) is 0. The normalized spacial score (nSPS) is 56.3. The molecule has 31 saturated heterocycles. The van der Waals surface area contributed by atoms with E-state index in [1.165, 1.54) is 0 Å². The molecule has 0 amide bonds. The highest BCUT2D eigenvalue weighted by Crippen LogP contribution is 2.41. The third kappa shape index (κ3) is 13.1. The van der Waals surface area contributed by atoms with Crippen LogP contribution in [0, 0.1) is 0 Å². The van der Waals surface area contributed by atoms with Gasteiger partial charge in [-0.1, -0.05) is 0 Å². The quantitative estimate of drug-likeness (QED) is 0.113. The highest BCUT2D eigenvalue weighted by atomic mass is 16.8. The first-order chi connectivity index (χ1) is 41.5. The van der Waals surface area contributed by atoms with Crippen LogP contribution in [0.3, 0.4) is 0 Å². The Hall–Kier alpha value is -1.56. The summed E-state index contributed by atoms with van der Waals surface area (Å²) in [4.78, 5) is 0. The van der Waals surface area contributed by atoms with E-state index >= 15 is 0 Å². The second-order valence-electron chi connectivity index (χ2n) is 22.6. The average Bonchev–Trinajstić information content (AvgIpc) is 2.03. The number of aliphatic hydroxyl groups is 22. The van der Waals surface area contributed by atoms with Crippen molar-refractivity contribution >= 4 is 0 Å². The lowest BCUT2D eigenvalue weighted by Crippen LogP contribution is -2.68. The molecule has 31 fully saturated rings. The zero-order valence-electron chi connectivity index (χ0n) is 45.5. The van der Waals surface area contributed by atoms with Crippen LogP contribution < -0.4 is 0 Å². The van der Waals surface area contributed by atoms with Gasteiger partial charge < -0.3 is 193 Å². The Morgan fingerprint density at radius 1 is 0.184 bits per heavy atom. The minimum atomic E-state index is -2.23. The smallest absolute Gasteiger partial charge is 0.187 e.